The van der Waals surface area contributed by atoms with Crippen molar-refractivity contribution in [1.29, 1.82) is 0 Å². The fraction of sp³-hybridized carbons (Fsp3) is 0.462. The van der Waals surface area contributed by atoms with Gasteiger partial charge < -0.3 is 9.47 Å². The molecule has 0 aromatic carbocycles. The van der Waals surface area contributed by atoms with Gasteiger partial charge in [-0.25, -0.2) is 0 Å². The minimum absolute atomic E-state index is 0.0170. The zero-order valence-corrected chi connectivity index (χ0v) is 12.4. The molecule has 9 nitrogen and oxygen atoms in total. The molecule has 2 aromatic rings. The van der Waals surface area contributed by atoms with Gasteiger partial charge >= 0.3 is 0 Å². The fourth-order valence-electron chi connectivity index (χ4n) is 1.75. The predicted octanol–water partition coefficient (Wildman–Crippen LogP) is 0.469. The van der Waals surface area contributed by atoms with Crippen LogP contribution in [0.15, 0.2) is 4.79 Å². The zero-order valence-electron chi connectivity index (χ0n) is 12.4. The van der Waals surface area contributed by atoms with E-state index in [4.69, 9.17) is 9.47 Å². The van der Waals surface area contributed by atoms with Crippen molar-refractivity contribution in [3.63, 3.8) is 0 Å². The quantitative estimate of drug-likeness (QED) is 0.785. The minimum Gasteiger partial charge on any atom is -0.470 e. The number of hydrogen-bond donors (Lipinski definition) is 2. The average molecular weight is 305 g/mol. The number of carbonyl (C=O) groups excluding carboxylic acids is 1. The van der Waals surface area contributed by atoms with E-state index in [1.54, 1.807) is 20.8 Å². The van der Waals surface area contributed by atoms with Gasteiger partial charge in [-0.3, -0.25) is 19.9 Å². The number of amides is 1. The molecule has 116 valence electrons. The lowest BCUT2D eigenvalue weighted by Gasteiger charge is -2.17. The van der Waals surface area contributed by atoms with Gasteiger partial charge in [0.15, 0.2) is 11.2 Å². The van der Waals surface area contributed by atoms with Gasteiger partial charge in [0, 0.05) is 5.41 Å². The lowest BCUT2D eigenvalue weighted by atomic mass is 9.96. The van der Waals surface area contributed by atoms with Crippen molar-refractivity contribution in [3.05, 3.63) is 10.4 Å². The van der Waals surface area contributed by atoms with Crippen LogP contribution in [-0.2, 0) is 4.79 Å². The van der Waals surface area contributed by atoms with Crippen LogP contribution in [-0.4, -0.2) is 39.1 Å². The van der Waals surface area contributed by atoms with E-state index in [0.717, 1.165) is 0 Å². The summed E-state index contributed by atoms with van der Waals surface area (Å²) >= 11 is 0. The number of H-pyrrole nitrogens is 1. The second-order valence-corrected chi connectivity index (χ2v) is 5.82. The molecule has 22 heavy (non-hydrogen) atoms. The molecule has 2 N–H and O–H groups in total. The van der Waals surface area contributed by atoms with Gasteiger partial charge in [0.25, 0.3) is 17.3 Å². The van der Waals surface area contributed by atoms with Crippen LogP contribution in [0.5, 0.6) is 11.8 Å². The Hall–Kier alpha value is -2.71. The van der Waals surface area contributed by atoms with Crippen molar-refractivity contribution in [3.8, 4) is 11.8 Å². The number of aromatic nitrogens is 4. The van der Waals surface area contributed by atoms with E-state index in [-0.39, 0.29) is 34.8 Å². The van der Waals surface area contributed by atoms with E-state index >= 15 is 0 Å². The highest BCUT2D eigenvalue weighted by atomic mass is 16.6. The standard InChI is InChI=1S/C13H15N5O4/c1-13(2,3)11(20)18-12-16-7-6(8(19)17-12)14-9-10(15-7)22-5-4-21-9/h4-5H2,1-3H3,(H2,15,16,17,18,19,20). The maximum atomic E-state index is 12.1. The molecule has 9 heteroatoms. The molecule has 0 aliphatic carbocycles. The Balaban J connectivity index is 2.04. The van der Waals surface area contributed by atoms with E-state index in [2.05, 4.69) is 25.3 Å². The summed E-state index contributed by atoms with van der Waals surface area (Å²) in [6.07, 6.45) is 0. The van der Waals surface area contributed by atoms with Crippen LogP contribution in [0.25, 0.3) is 11.2 Å². The Kier molecular flexibility index (Phi) is 3.19. The summed E-state index contributed by atoms with van der Waals surface area (Å²) in [5.74, 6) is 0.0892. The smallest absolute Gasteiger partial charge is 0.280 e. The van der Waals surface area contributed by atoms with Gasteiger partial charge in [0.1, 0.15) is 13.2 Å². The summed E-state index contributed by atoms with van der Waals surface area (Å²) in [7, 11) is 0. The summed E-state index contributed by atoms with van der Waals surface area (Å²) < 4.78 is 10.6. The third-order valence-corrected chi connectivity index (χ3v) is 2.95. The van der Waals surface area contributed by atoms with Crippen LogP contribution in [0.2, 0.25) is 0 Å². The summed E-state index contributed by atoms with van der Waals surface area (Å²) in [5.41, 5.74) is -1.03. The molecular formula is C13H15N5O4. The number of nitrogens with zero attached hydrogens (tertiary/aromatic N) is 3. The molecule has 1 amide bonds. The molecule has 1 aliphatic heterocycles. The first kappa shape index (κ1) is 14.2. The van der Waals surface area contributed by atoms with Crippen molar-refractivity contribution in [2.24, 2.45) is 5.41 Å². The van der Waals surface area contributed by atoms with Gasteiger partial charge in [-0.15, -0.1) is 0 Å². The second-order valence-electron chi connectivity index (χ2n) is 5.82. The maximum absolute atomic E-state index is 12.1. The van der Waals surface area contributed by atoms with Crippen LogP contribution in [0.3, 0.4) is 0 Å². The van der Waals surface area contributed by atoms with Crippen LogP contribution in [0.1, 0.15) is 20.8 Å². The Labute approximate surface area is 125 Å². The van der Waals surface area contributed by atoms with Crippen LogP contribution < -0.4 is 20.3 Å². The fourth-order valence-corrected chi connectivity index (χ4v) is 1.75. The van der Waals surface area contributed by atoms with E-state index in [1.165, 1.54) is 0 Å². The highest BCUT2D eigenvalue weighted by Crippen LogP contribution is 2.26. The Morgan fingerprint density at radius 2 is 1.77 bits per heavy atom. The van der Waals surface area contributed by atoms with E-state index in [9.17, 15) is 9.59 Å². The Morgan fingerprint density at radius 3 is 2.41 bits per heavy atom. The molecule has 1 aliphatic rings. The summed E-state index contributed by atoms with van der Waals surface area (Å²) in [6, 6.07) is 0. The Bertz CT molecular complexity index is 808. The highest BCUT2D eigenvalue weighted by molar-refractivity contribution is 5.93. The molecular weight excluding hydrogens is 290 g/mol. The van der Waals surface area contributed by atoms with Crippen molar-refractivity contribution >= 4 is 23.0 Å². The number of carbonyl (C=O) groups is 1. The normalized spacial score (nSPS) is 14.0. The molecule has 2 aromatic heterocycles. The van der Waals surface area contributed by atoms with Crippen LogP contribution in [0.4, 0.5) is 5.95 Å². The van der Waals surface area contributed by atoms with Gasteiger partial charge in [0.05, 0.1) is 0 Å². The number of nitrogens with one attached hydrogen (secondary N) is 2. The van der Waals surface area contributed by atoms with Gasteiger partial charge in [-0.2, -0.15) is 15.0 Å². The molecule has 0 atom stereocenters. The molecule has 0 fully saturated rings. The summed E-state index contributed by atoms with van der Waals surface area (Å²) in [5, 5.41) is 2.55. The van der Waals surface area contributed by atoms with Gasteiger partial charge in [-0.1, -0.05) is 20.8 Å². The molecule has 0 spiro atoms. The molecule has 0 bridgehead atoms. The van der Waals surface area contributed by atoms with E-state index < -0.39 is 11.0 Å². The third kappa shape index (κ3) is 2.57. The number of ether oxygens (including phenoxy) is 2. The lowest BCUT2D eigenvalue weighted by molar-refractivity contribution is -0.123. The van der Waals surface area contributed by atoms with Gasteiger partial charge in [0.2, 0.25) is 11.9 Å². The second kappa shape index (κ2) is 4.93. The first-order valence-electron chi connectivity index (χ1n) is 6.74. The van der Waals surface area contributed by atoms with Crippen molar-refractivity contribution in [2.75, 3.05) is 18.5 Å². The number of aromatic amines is 1. The first-order valence-corrected chi connectivity index (χ1v) is 6.74. The van der Waals surface area contributed by atoms with Crippen molar-refractivity contribution in [2.45, 2.75) is 20.8 Å². The number of fused-ring (bicyclic) bond motifs is 2. The van der Waals surface area contributed by atoms with Crippen LogP contribution >= 0.6 is 0 Å². The zero-order chi connectivity index (χ0) is 15.9. The average Bonchev–Trinajstić information content (AvgIpc) is 2.44. The van der Waals surface area contributed by atoms with E-state index in [1.807, 2.05) is 0 Å². The number of rotatable bonds is 1. The molecule has 0 saturated carbocycles. The summed E-state index contributed by atoms with van der Waals surface area (Å²) in [4.78, 5) is 38.8. The number of hydrogen-bond acceptors (Lipinski definition) is 7. The van der Waals surface area contributed by atoms with Crippen molar-refractivity contribution < 1.29 is 14.3 Å². The monoisotopic (exact) mass is 305 g/mol. The number of anilines is 1. The molecule has 3 rings (SSSR count). The topological polar surface area (TPSA) is 119 Å². The molecule has 0 radical (unpaired) electrons. The molecule has 0 saturated heterocycles. The first-order chi connectivity index (χ1) is 10.3. The van der Waals surface area contributed by atoms with Crippen molar-refractivity contribution in [1.82, 2.24) is 19.9 Å². The largest absolute Gasteiger partial charge is 0.470 e. The lowest BCUT2D eigenvalue weighted by Crippen LogP contribution is -2.29. The predicted molar refractivity (Wildman–Crippen MR) is 77.0 cm³/mol. The molecule has 0 unspecified atom stereocenters. The minimum atomic E-state index is -0.619. The maximum Gasteiger partial charge on any atom is 0.280 e. The van der Waals surface area contributed by atoms with Crippen LogP contribution in [0, 0.1) is 5.41 Å². The SMILES string of the molecule is CC(C)(C)C(=O)Nc1nc2nc3c(nc2c(=O)[nH]1)OCCO3. The Morgan fingerprint density at radius 1 is 1.14 bits per heavy atom. The highest BCUT2D eigenvalue weighted by Gasteiger charge is 2.23. The van der Waals surface area contributed by atoms with Gasteiger partial charge in [-0.05, 0) is 0 Å². The summed E-state index contributed by atoms with van der Waals surface area (Å²) in [6.45, 7) is 5.96. The third-order valence-electron chi connectivity index (χ3n) is 2.95. The molecule has 3 heterocycles. The van der Waals surface area contributed by atoms with E-state index in [0.29, 0.717) is 13.2 Å².